The third-order valence-electron chi connectivity index (χ3n) is 4.04. The van der Waals surface area contributed by atoms with Gasteiger partial charge < -0.3 is 10.2 Å². The number of urea groups is 1. The Hall–Kier alpha value is -1.36. The normalized spacial score (nSPS) is 17.1. The van der Waals surface area contributed by atoms with Crippen LogP contribution in [0.5, 0.6) is 0 Å². The van der Waals surface area contributed by atoms with Crippen molar-refractivity contribution in [2.75, 3.05) is 17.6 Å². The van der Waals surface area contributed by atoms with Gasteiger partial charge in [-0.15, -0.1) is 11.8 Å². The molecule has 24 heavy (non-hydrogen) atoms. The van der Waals surface area contributed by atoms with Gasteiger partial charge in [0.15, 0.2) is 0 Å². The van der Waals surface area contributed by atoms with Gasteiger partial charge in [0.25, 0.3) is 0 Å². The van der Waals surface area contributed by atoms with E-state index in [1.54, 1.807) is 17.8 Å². The number of nitrogens with zero attached hydrogens (tertiary/aromatic N) is 1. The fourth-order valence-electron chi connectivity index (χ4n) is 2.78. The Morgan fingerprint density at radius 3 is 2.83 bits per heavy atom. The molecule has 1 saturated heterocycles. The second-order valence-electron chi connectivity index (χ2n) is 5.50. The average molecular weight is 381 g/mol. The smallest absolute Gasteiger partial charge is 0.308 e. The number of carbonyl (C=O) groups is 1. The van der Waals surface area contributed by atoms with Crippen LogP contribution >= 0.6 is 35.0 Å². The quantitative estimate of drug-likeness (QED) is 0.725. The van der Waals surface area contributed by atoms with E-state index < -0.39 is 0 Å². The lowest BCUT2D eigenvalue weighted by Gasteiger charge is -2.25. The molecule has 1 unspecified atom stereocenters. The first-order valence-corrected chi connectivity index (χ1v) is 9.63. The first-order chi connectivity index (χ1) is 11.6. The predicted molar refractivity (Wildman–Crippen MR) is 103 cm³/mol. The first-order valence-electron chi connectivity index (χ1n) is 7.83. The van der Waals surface area contributed by atoms with Crippen molar-refractivity contribution in [3.63, 3.8) is 0 Å². The average Bonchev–Trinajstić information content (AvgIpc) is 3.07. The molecule has 1 aliphatic rings. The molecule has 3 rings (SSSR count). The summed E-state index contributed by atoms with van der Waals surface area (Å²) in [5.41, 5.74) is 2.86. The van der Waals surface area contributed by atoms with Crippen molar-refractivity contribution in [1.29, 1.82) is 0 Å². The highest BCUT2D eigenvalue weighted by atomic mass is 35.5. The standard InChI is InChI=1S/C18H18Cl2N2OS/c1-2-12-6-3-4-9-15(12)21-18(23)22-10-11-24-17(22)13-7-5-8-14(19)16(13)20/h3-9,17H,2,10-11H2,1H3,(H,21,23). The highest BCUT2D eigenvalue weighted by Crippen LogP contribution is 2.42. The molecule has 0 radical (unpaired) electrons. The fourth-order valence-corrected chi connectivity index (χ4v) is 4.54. The second-order valence-corrected chi connectivity index (χ2v) is 7.47. The first kappa shape index (κ1) is 17.5. The Labute approximate surface area is 156 Å². The van der Waals surface area contributed by atoms with Crippen LogP contribution in [-0.2, 0) is 6.42 Å². The molecule has 0 aliphatic carbocycles. The lowest BCUT2D eigenvalue weighted by atomic mass is 10.1. The number of thioether (sulfide) groups is 1. The molecular weight excluding hydrogens is 363 g/mol. The van der Waals surface area contributed by atoms with Crippen LogP contribution in [0.4, 0.5) is 10.5 Å². The molecule has 2 aromatic carbocycles. The maximum atomic E-state index is 12.8. The highest BCUT2D eigenvalue weighted by molar-refractivity contribution is 7.99. The van der Waals surface area contributed by atoms with E-state index in [2.05, 4.69) is 12.2 Å². The Morgan fingerprint density at radius 1 is 1.25 bits per heavy atom. The number of benzene rings is 2. The Kier molecular flexibility index (Phi) is 5.59. The van der Waals surface area contributed by atoms with E-state index in [1.165, 1.54) is 0 Å². The monoisotopic (exact) mass is 380 g/mol. The van der Waals surface area contributed by atoms with Crippen LogP contribution in [0.15, 0.2) is 42.5 Å². The number of para-hydroxylation sites is 1. The van der Waals surface area contributed by atoms with Gasteiger partial charge in [-0.1, -0.05) is 60.5 Å². The van der Waals surface area contributed by atoms with Crippen LogP contribution in [0.3, 0.4) is 0 Å². The second kappa shape index (κ2) is 7.68. The summed E-state index contributed by atoms with van der Waals surface area (Å²) in [4.78, 5) is 14.6. The van der Waals surface area contributed by atoms with Crippen molar-refractivity contribution in [3.05, 3.63) is 63.6 Å². The maximum Gasteiger partial charge on any atom is 0.323 e. The summed E-state index contributed by atoms with van der Waals surface area (Å²) >= 11 is 14.2. The van der Waals surface area contributed by atoms with E-state index in [0.717, 1.165) is 29.0 Å². The summed E-state index contributed by atoms with van der Waals surface area (Å²) in [5, 5.41) is 3.95. The van der Waals surface area contributed by atoms with Crippen molar-refractivity contribution in [2.24, 2.45) is 0 Å². The zero-order valence-corrected chi connectivity index (χ0v) is 15.6. The minimum atomic E-state index is -0.120. The molecule has 6 heteroatoms. The van der Waals surface area contributed by atoms with Gasteiger partial charge in [-0.05, 0) is 24.1 Å². The summed E-state index contributed by atoms with van der Waals surface area (Å²) in [6.45, 7) is 2.75. The zero-order chi connectivity index (χ0) is 17.1. The molecule has 1 heterocycles. The Morgan fingerprint density at radius 2 is 2.04 bits per heavy atom. The third kappa shape index (κ3) is 3.51. The number of halogens is 2. The number of anilines is 1. The van der Waals surface area contributed by atoms with Crippen LogP contribution in [-0.4, -0.2) is 23.2 Å². The number of hydrogen-bond acceptors (Lipinski definition) is 2. The highest BCUT2D eigenvalue weighted by Gasteiger charge is 2.32. The molecule has 0 spiro atoms. The van der Waals surface area contributed by atoms with E-state index in [9.17, 15) is 4.79 Å². The Balaban J connectivity index is 1.82. The molecule has 1 fully saturated rings. The van der Waals surface area contributed by atoms with Gasteiger partial charge in [0.05, 0.1) is 10.0 Å². The lowest BCUT2D eigenvalue weighted by Crippen LogP contribution is -2.34. The van der Waals surface area contributed by atoms with Crippen LogP contribution in [0.1, 0.15) is 23.4 Å². The number of nitrogens with one attached hydrogen (secondary N) is 1. The molecule has 1 aliphatic heterocycles. The summed E-state index contributed by atoms with van der Waals surface area (Å²) in [6, 6.07) is 13.3. The molecule has 126 valence electrons. The number of rotatable bonds is 3. The van der Waals surface area contributed by atoms with E-state index >= 15 is 0 Å². The molecular formula is C18H18Cl2N2OS. The van der Waals surface area contributed by atoms with Gasteiger partial charge in [-0.3, -0.25) is 0 Å². The molecule has 1 N–H and O–H groups in total. The maximum absolute atomic E-state index is 12.8. The van der Waals surface area contributed by atoms with Crippen molar-refractivity contribution >= 4 is 46.7 Å². The summed E-state index contributed by atoms with van der Waals surface area (Å²) in [6.07, 6.45) is 0.870. The summed E-state index contributed by atoms with van der Waals surface area (Å²) < 4.78 is 0. The van der Waals surface area contributed by atoms with E-state index in [4.69, 9.17) is 23.2 Å². The lowest BCUT2D eigenvalue weighted by molar-refractivity contribution is 0.214. The molecule has 2 amide bonds. The number of hydrogen-bond donors (Lipinski definition) is 1. The van der Waals surface area contributed by atoms with Crippen LogP contribution < -0.4 is 5.32 Å². The predicted octanol–water partition coefficient (Wildman–Crippen LogP) is 5.84. The molecule has 1 atom stereocenters. The summed E-state index contributed by atoms with van der Waals surface area (Å²) in [7, 11) is 0. The third-order valence-corrected chi connectivity index (χ3v) is 6.12. The summed E-state index contributed by atoms with van der Waals surface area (Å²) in [5.74, 6) is 0.871. The molecule has 0 saturated carbocycles. The largest absolute Gasteiger partial charge is 0.323 e. The molecule has 3 nitrogen and oxygen atoms in total. The van der Waals surface area contributed by atoms with Gasteiger partial charge in [0, 0.05) is 23.5 Å². The minimum Gasteiger partial charge on any atom is -0.308 e. The number of aryl methyl sites for hydroxylation is 1. The van der Waals surface area contributed by atoms with Gasteiger partial charge >= 0.3 is 6.03 Å². The minimum absolute atomic E-state index is 0.109. The van der Waals surface area contributed by atoms with Gasteiger partial charge in [-0.25, -0.2) is 4.79 Å². The van der Waals surface area contributed by atoms with Crippen molar-refractivity contribution in [1.82, 2.24) is 4.90 Å². The van der Waals surface area contributed by atoms with Gasteiger partial charge in [0.1, 0.15) is 5.37 Å². The van der Waals surface area contributed by atoms with Crippen LogP contribution in [0.25, 0.3) is 0 Å². The van der Waals surface area contributed by atoms with Crippen molar-refractivity contribution in [2.45, 2.75) is 18.7 Å². The van der Waals surface area contributed by atoms with Crippen LogP contribution in [0.2, 0.25) is 10.0 Å². The molecule has 0 bridgehead atoms. The fraction of sp³-hybridized carbons (Fsp3) is 0.278. The number of amides is 2. The van der Waals surface area contributed by atoms with Crippen LogP contribution in [0, 0.1) is 0 Å². The van der Waals surface area contributed by atoms with E-state index in [-0.39, 0.29) is 11.4 Å². The molecule has 2 aromatic rings. The Bertz CT molecular complexity index is 754. The van der Waals surface area contributed by atoms with E-state index in [1.807, 2.05) is 41.3 Å². The topological polar surface area (TPSA) is 32.3 Å². The zero-order valence-electron chi connectivity index (χ0n) is 13.3. The molecule has 0 aromatic heterocycles. The SMILES string of the molecule is CCc1ccccc1NC(=O)N1CCSC1c1cccc(Cl)c1Cl. The van der Waals surface area contributed by atoms with Crippen molar-refractivity contribution < 1.29 is 4.79 Å². The van der Waals surface area contributed by atoms with Gasteiger partial charge in [-0.2, -0.15) is 0 Å². The van der Waals surface area contributed by atoms with E-state index in [0.29, 0.717) is 16.6 Å². The van der Waals surface area contributed by atoms with Crippen molar-refractivity contribution in [3.8, 4) is 0 Å². The number of carbonyl (C=O) groups excluding carboxylic acids is 1. The van der Waals surface area contributed by atoms with Gasteiger partial charge in [0.2, 0.25) is 0 Å².